The van der Waals surface area contributed by atoms with E-state index < -0.39 is 29.2 Å². The molecule has 2 aromatic rings. The predicted molar refractivity (Wildman–Crippen MR) is 126 cm³/mol. The van der Waals surface area contributed by atoms with Gasteiger partial charge in [-0.25, -0.2) is 10.9 Å². The molecular weight excluding hydrogens is 436 g/mol. The molecule has 2 aromatic carbocycles. The van der Waals surface area contributed by atoms with Crippen LogP contribution in [-0.2, 0) is 12.8 Å². The van der Waals surface area contributed by atoms with Crippen molar-refractivity contribution in [1.29, 1.82) is 0 Å². The Morgan fingerprint density at radius 2 is 1.87 bits per heavy atom. The highest BCUT2D eigenvalue weighted by Gasteiger charge is 2.43. The first kappa shape index (κ1) is 22.7. The van der Waals surface area contributed by atoms with Gasteiger partial charge in [-0.2, -0.15) is 0 Å². The molecule has 2 heterocycles. The minimum Gasteiger partial charge on any atom is -0.494 e. The lowest BCUT2D eigenvalue weighted by Gasteiger charge is -2.42. The number of halogens is 1. The van der Waals surface area contributed by atoms with Crippen LogP contribution in [0.3, 0.4) is 0 Å². The lowest BCUT2D eigenvalue weighted by atomic mass is 9.92. The van der Waals surface area contributed by atoms with Crippen molar-refractivity contribution in [1.82, 2.24) is 0 Å². The zero-order chi connectivity index (χ0) is 22.3. The van der Waals surface area contributed by atoms with E-state index in [2.05, 4.69) is 6.26 Å². The van der Waals surface area contributed by atoms with Crippen LogP contribution in [0, 0.1) is 0 Å². The molecule has 0 amide bonds. The lowest BCUT2D eigenvalue weighted by Crippen LogP contribution is -2.47. The molecule has 0 spiro atoms. The Balaban J connectivity index is 1.73. The van der Waals surface area contributed by atoms with Crippen molar-refractivity contribution >= 4 is 22.5 Å². The largest absolute Gasteiger partial charge is 0.494 e. The molecule has 1 fully saturated rings. The second-order valence-electron chi connectivity index (χ2n) is 8.57. The van der Waals surface area contributed by atoms with Crippen molar-refractivity contribution in [2.45, 2.75) is 56.4 Å². The first-order valence-corrected chi connectivity index (χ1v) is 13.2. The number of ether oxygens (including phenoxy) is 2. The number of fused-ring (bicyclic) bond motifs is 1. The molecule has 3 N–H and O–H groups in total. The molecule has 0 aromatic heterocycles. The minimum absolute atomic E-state index is 0.00584. The van der Waals surface area contributed by atoms with Crippen LogP contribution in [0.5, 0.6) is 11.5 Å². The molecule has 0 radical (unpaired) electrons. The molecule has 0 aliphatic carbocycles. The van der Waals surface area contributed by atoms with Gasteiger partial charge in [0.15, 0.2) is 0 Å². The summed E-state index contributed by atoms with van der Waals surface area (Å²) in [7, 11) is -0.747. The van der Waals surface area contributed by atoms with Crippen molar-refractivity contribution in [3.05, 3.63) is 57.6 Å². The van der Waals surface area contributed by atoms with Gasteiger partial charge in [0.2, 0.25) is 0 Å². The molecule has 2 aliphatic rings. The Morgan fingerprint density at radius 1 is 1.16 bits per heavy atom. The van der Waals surface area contributed by atoms with Gasteiger partial charge in [-0.05, 0) is 55.9 Å². The summed E-state index contributed by atoms with van der Waals surface area (Å²) in [6, 6.07) is 10.0. The van der Waals surface area contributed by atoms with Crippen molar-refractivity contribution in [3.8, 4) is 11.5 Å². The number of hydrogen-bond donors (Lipinski definition) is 4. The third-order valence-electron chi connectivity index (χ3n) is 6.19. The van der Waals surface area contributed by atoms with Gasteiger partial charge in [0.1, 0.15) is 23.7 Å². The summed E-state index contributed by atoms with van der Waals surface area (Å²) in [5, 5.41) is 31.8. The van der Waals surface area contributed by atoms with Gasteiger partial charge in [-0.15, -0.1) is 0 Å². The molecule has 170 valence electrons. The van der Waals surface area contributed by atoms with E-state index >= 15 is 0 Å². The van der Waals surface area contributed by atoms with E-state index in [0.717, 1.165) is 33.8 Å². The monoisotopic (exact) mass is 466 g/mol. The van der Waals surface area contributed by atoms with Crippen LogP contribution in [0.4, 0.5) is 0 Å². The van der Waals surface area contributed by atoms with Gasteiger partial charge in [0, 0.05) is 28.6 Å². The van der Waals surface area contributed by atoms with Crippen LogP contribution in [0.15, 0.2) is 30.3 Å². The Bertz CT molecular complexity index is 935. The topological polar surface area (TPSA) is 79.2 Å². The third-order valence-corrected chi connectivity index (χ3v) is 9.14. The summed E-state index contributed by atoms with van der Waals surface area (Å²) in [6.07, 6.45) is 0.330. The standard InChI is InChI=1S/C24H31ClO5S/c1-4-29-16-7-5-14(6-8-16)10-15-11-18(23-17(20(15)25)9-13(2)30-23)24-22(28)21(27)19(26)12-31(24)3/h5-8,11,13,19,21-22,24,26-28,31H,4,9-10,12H2,1-3H3/t13?,19-,21-,22-,24+/m1/s1. The van der Waals surface area contributed by atoms with Gasteiger partial charge in [0.25, 0.3) is 0 Å². The molecule has 2 aliphatic heterocycles. The molecule has 1 saturated heterocycles. The van der Waals surface area contributed by atoms with Gasteiger partial charge in [-0.3, -0.25) is 0 Å². The fourth-order valence-corrected chi connectivity index (χ4v) is 7.37. The predicted octanol–water partition coefficient (Wildman–Crippen LogP) is 3.42. The molecular formula is C24H31ClO5S. The summed E-state index contributed by atoms with van der Waals surface area (Å²) >= 11 is 6.83. The van der Waals surface area contributed by atoms with E-state index in [9.17, 15) is 15.3 Å². The van der Waals surface area contributed by atoms with Gasteiger partial charge < -0.3 is 24.8 Å². The SMILES string of the molecule is CCOc1ccc(Cc2cc([C@H]3[C@H](O)[C@H](O)[C@H](O)C[SH]3C)c3c(c2Cl)CC(C)O3)cc1. The van der Waals surface area contributed by atoms with Gasteiger partial charge in [-0.1, -0.05) is 23.7 Å². The Hall–Kier alpha value is -1.44. The van der Waals surface area contributed by atoms with Crippen LogP contribution < -0.4 is 9.47 Å². The van der Waals surface area contributed by atoms with E-state index in [4.69, 9.17) is 21.1 Å². The van der Waals surface area contributed by atoms with E-state index in [0.29, 0.717) is 30.2 Å². The van der Waals surface area contributed by atoms with Crippen LogP contribution in [0.2, 0.25) is 5.02 Å². The average molecular weight is 467 g/mol. The molecule has 2 unspecified atom stereocenters. The normalized spacial score (nSPS) is 31.2. The molecule has 4 rings (SSSR count). The second kappa shape index (κ2) is 9.20. The first-order valence-electron chi connectivity index (χ1n) is 10.8. The van der Waals surface area contributed by atoms with E-state index in [1.807, 2.05) is 44.2 Å². The fourth-order valence-electron chi connectivity index (χ4n) is 4.69. The Labute approximate surface area is 191 Å². The van der Waals surface area contributed by atoms with Gasteiger partial charge >= 0.3 is 0 Å². The summed E-state index contributed by atoms with van der Waals surface area (Å²) in [5.41, 5.74) is 3.97. The fraction of sp³-hybridized carbons (Fsp3) is 0.500. The zero-order valence-corrected chi connectivity index (χ0v) is 19.7. The maximum absolute atomic E-state index is 10.9. The van der Waals surface area contributed by atoms with E-state index in [1.54, 1.807) is 0 Å². The molecule has 6 atom stereocenters. The zero-order valence-electron chi connectivity index (χ0n) is 18.1. The highest BCUT2D eigenvalue weighted by molar-refractivity contribution is 8.16. The third kappa shape index (κ3) is 4.41. The average Bonchev–Trinajstić information content (AvgIpc) is 3.13. The van der Waals surface area contributed by atoms with Crippen LogP contribution in [-0.4, -0.2) is 58.4 Å². The van der Waals surface area contributed by atoms with Crippen LogP contribution in [0.1, 0.15) is 41.4 Å². The number of aliphatic hydroxyl groups excluding tert-OH is 3. The van der Waals surface area contributed by atoms with Crippen molar-refractivity contribution in [3.63, 3.8) is 0 Å². The first-order chi connectivity index (χ1) is 14.8. The number of rotatable bonds is 5. The summed E-state index contributed by atoms with van der Waals surface area (Å²) in [6.45, 7) is 4.60. The van der Waals surface area contributed by atoms with Crippen LogP contribution >= 0.6 is 22.5 Å². The number of thiol groups is 1. The molecule has 31 heavy (non-hydrogen) atoms. The van der Waals surface area contributed by atoms with Crippen molar-refractivity contribution < 1.29 is 24.8 Å². The van der Waals surface area contributed by atoms with E-state index in [1.165, 1.54) is 0 Å². The second-order valence-corrected chi connectivity index (χ2v) is 11.4. The highest BCUT2D eigenvalue weighted by atomic mass is 35.5. The summed E-state index contributed by atoms with van der Waals surface area (Å²) in [4.78, 5) is 0. The summed E-state index contributed by atoms with van der Waals surface area (Å²) < 4.78 is 11.7. The lowest BCUT2D eigenvalue weighted by molar-refractivity contribution is -0.0563. The van der Waals surface area contributed by atoms with Crippen LogP contribution in [0.25, 0.3) is 0 Å². The maximum atomic E-state index is 10.9. The smallest absolute Gasteiger partial charge is 0.128 e. The Morgan fingerprint density at radius 3 is 2.55 bits per heavy atom. The number of aliphatic hydroxyl groups is 3. The molecule has 5 nitrogen and oxygen atoms in total. The number of benzene rings is 2. The van der Waals surface area contributed by atoms with E-state index in [-0.39, 0.29) is 11.4 Å². The quantitative estimate of drug-likeness (QED) is 0.508. The Kier molecular flexibility index (Phi) is 6.75. The van der Waals surface area contributed by atoms with Crippen molar-refractivity contribution in [2.24, 2.45) is 0 Å². The molecule has 7 heteroatoms. The molecule has 0 saturated carbocycles. The highest BCUT2D eigenvalue weighted by Crippen LogP contribution is 2.54. The number of hydrogen-bond acceptors (Lipinski definition) is 5. The minimum atomic E-state index is -1.16. The molecule has 0 bridgehead atoms. The van der Waals surface area contributed by atoms with Crippen molar-refractivity contribution in [2.75, 3.05) is 18.6 Å². The maximum Gasteiger partial charge on any atom is 0.128 e. The van der Waals surface area contributed by atoms with Gasteiger partial charge in [0.05, 0.1) is 23.8 Å². The summed E-state index contributed by atoms with van der Waals surface area (Å²) in [5.74, 6) is 2.07.